The van der Waals surface area contributed by atoms with Gasteiger partial charge in [-0.25, -0.2) is 0 Å². The first-order chi connectivity index (χ1) is 15.2. The van der Waals surface area contributed by atoms with Gasteiger partial charge in [-0.1, -0.05) is 58.4 Å². The van der Waals surface area contributed by atoms with E-state index in [1.165, 1.54) is 57.9 Å². The second kappa shape index (κ2) is 8.26. The van der Waals surface area contributed by atoms with Gasteiger partial charge >= 0.3 is 0 Å². The van der Waals surface area contributed by atoms with Gasteiger partial charge in [-0.3, -0.25) is 0 Å². The van der Waals surface area contributed by atoms with Gasteiger partial charge in [-0.15, -0.1) is 0 Å². The molecule has 1 aliphatic heterocycles. The third-order valence-corrected chi connectivity index (χ3v) is 11.8. The van der Waals surface area contributed by atoms with Crippen molar-refractivity contribution in [3.8, 4) is 0 Å². The summed E-state index contributed by atoms with van der Waals surface area (Å²) in [6.45, 7) is 14.1. The first-order valence-electron chi connectivity index (χ1n) is 14.0. The van der Waals surface area contributed by atoms with Crippen LogP contribution >= 0.6 is 0 Å². The van der Waals surface area contributed by atoms with Gasteiger partial charge in [0, 0.05) is 12.1 Å². The lowest BCUT2D eigenvalue weighted by Crippen LogP contribution is -2.52. The van der Waals surface area contributed by atoms with E-state index in [9.17, 15) is 0 Å². The molecule has 10 atom stereocenters. The number of nitrogens with zero attached hydrogens (tertiary/aromatic N) is 1. The van der Waals surface area contributed by atoms with Crippen LogP contribution in [0.3, 0.4) is 0 Å². The topological polar surface area (TPSA) is 29.3 Å². The van der Waals surface area contributed by atoms with Crippen LogP contribution in [0.1, 0.15) is 86.0 Å². The monoisotopic (exact) mass is 438 g/mol. The van der Waals surface area contributed by atoms with Crippen molar-refractivity contribution < 1.29 is 0 Å². The van der Waals surface area contributed by atoms with Gasteiger partial charge in [-0.2, -0.15) is 0 Å². The zero-order valence-corrected chi connectivity index (χ0v) is 21.8. The Hall–Kier alpha value is -0.600. The lowest BCUT2D eigenvalue weighted by molar-refractivity contribution is 0.00518. The summed E-state index contributed by atoms with van der Waals surface area (Å²) in [5.74, 6) is 5.70. The summed E-state index contributed by atoms with van der Waals surface area (Å²) in [5.41, 5.74) is 9.37. The van der Waals surface area contributed by atoms with Crippen molar-refractivity contribution in [3.05, 3.63) is 23.8 Å². The Bertz CT molecular complexity index is 767. The molecule has 0 aromatic carbocycles. The average molecular weight is 439 g/mol. The third-order valence-electron chi connectivity index (χ3n) is 11.8. The molecule has 5 aliphatic rings. The van der Waals surface area contributed by atoms with E-state index in [1.807, 2.05) is 5.57 Å². The molecule has 2 saturated carbocycles. The SMILES string of the molecule is CC(C)[C@H]1CCN(C)[C@@H]1C[C@@H](C)[C@H]1CC[C@H]2C3=CC[C@H]4[C@@H](N)C=CC[C@]4(C)[C@H]3CC[C@]12C. The molecule has 0 aromatic rings. The van der Waals surface area contributed by atoms with Gasteiger partial charge in [0.25, 0.3) is 0 Å². The second-order valence-electron chi connectivity index (χ2n) is 13.6. The van der Waals surface area contributed by atoms with Crippen LogP contribution in [0.25, 0.3) is 0 Å². The molecule has 2 N–H and O–H groups in total. The molecular weight excluding hydrogens is 388 g/mol. The summed E-state index contributed by atoms with van der Waals surface area (Å²) in [7, 11) is 2.39. The van der Waals surface area contributed by atoms with Crippen molar-refractivity contribution in [2.75, 3.05) is 13.6 Å². The Balaban J connectivity index is 1.35. The van der Waals surface area contributed by atoms with Gasteiger partial charge in [0.15, 0.2) is 0 Å². The standard InChI is InChI=1S/C30H50N2/c1-19(2)21-14-17-32(6)28(21)18-20(3)23-11-12-24-22-9-10-26-27(31)8-7-15-29(26,4)25(22)13-16-30(23,24)5/h7-9,19-21,23-28H,10-18,31H2,1-6H3/t20-,21-,23-,24+,25+,26+,27+,28-,29-,30-/m1/s1. The minimum Gasteiger partial charge on any atom is -0.324 e. The molecule has 0 bridgehead atoms. The number of allylic oxidation sites excluding steroid dienone is 3. The molecule has 2 nitrogen and oxygen atoms in total. The van der Waals surface area contributed by atoms with Gasteiger partial charge in [0.05, 0.1) is 0 Å². The number of rotatable bonds is 4. The van der Waals surface area contributed by atoms with Gasteiger partial charge in [0.1, 0.15) is 0 Å². The number of likely N-dealkylation sites (tertiary alicyclic amines) is 1. The van der Waals surface area contributed by atoms with Crippen LogP contribution in [0, 0.1) is 52.3 Å². The fourth-order valence-corrected chi connectivity index (χ4v) is 9.98. The lowest BCUT2D eigenvalue weighted by atomic mass is 9.48. The quantitative estimate of drug-likeness (QED) is 0.497. The highest BCUT2D eigenvalue weighted by Crippen LogP contribution is 2.66. The fourth-order valence-electron chi connectivity index (χ4n) is 9.98. The molecule has 1 heterocycles. The highest BCUT2D eigenvalue weighted by atomic mass is 15.2. The molecule has 2 heteroatoms. The van der Waals surface area contributed by atoms with Crippen LogP contribution in [0.5, 0.6) is 0 Å². The predicted molar refractivity (Wildman–Crippen MR) is 136 cm³/mol. The van der Waals surface area contributed by atoms with Crippen LogP contribution in [-0.4, -0.2) is 30.6 Å². The van der Waals surface area contributed by atoms with E-state index >= 15 is 0 Å². The van der Waals surface area contributed by atoms with Gasteiger partial charge in [-0.05, 0) is 117 Å². The van der Waals surface area contributed by atoms with Crippen LogP contribution in [-0.2, 0) is 0 Å². The van der Waals surface area contributed by atoms with E-state index in [0.717, 1.165) is 41.5 Å². The van der Waals surface area contributed by atoms with E-state index in [4.69, 9.17) is 5.73 Å². The lowest BCUT2D eigenvalue weighted by Gasteiger charge is -2.57. The molecule has 0 aromatic heterocycles. The Kier molecular flexibility index (Phi) is 5.98. The third kappa shape index (κ3) is 3.41. The maximum absolute atomic E-state index is 6.59. The van der Waals surface area contributed by atoms with E-state index in [2.05, 4.69) is 64.8 Å². The highest BCUT2D eigenvalue weighted by Gasteiger charge is 2.58. The van der Waals surface area contributed by atoms with Crippen molar-refractivity contribution in [2.45, 2.75) is 98.1 Å². The maximum Gasteiger partial charge on any atom is 0.0261 e. The first-order valence-corrected chi connectivity index (χ1v) is 14.0. The average Bonchev–Trinajstić information content (AvgIpc) is 3.27. The van der Waals surface area contributed by atoms with Crippen molar-refractivity contribution in [2.24, 2.45) is 58.0 Å². The van der Waals surface area contributed by atoms with Crippen LogP contribution in [0.4, 0.5) is 0 Å². The number of fused-ring (bicyclic) bond motifs is 5. The first kappa shape index (κ1) is 23.2. The Morgan fingerprint density at radius 1 is 1.06 bits per heavy atom. The maximum atomic E-state index is 6.59. The van der Waals surface area contributed by atoms with E-state index < -0.39 is 0 Å². The molecule has 0 spiro atoms. The Morgan fingerprint density at radius 2 is 1.81 bits per heavy atom. The van der Waals surface area contributed by atoms with Crippen LogP contribution in [0.2, 0.25) is 0 Å². The summed E-state index contributed by atoms with van der Waals surface area (Å²) in [6, 6.07) is 1.06. The summed E-state index contributed by atoms with van der Waals surface area (Å²) in [4.78, 5) is 2.69. The molecule has 4 aliphatic carbocycles. The second-order valence-corrected chi connectivity index (χ2v) is 13.6. The number of hydrogen-bond acceptors (Lipinski definition) is 2. The summed E-state index contributed by atoms with van der Waals surface area (Å²) in [6.07, 6.45) is 18.4. The normalized spacial score (nSPS) is 49.5. The van der Waals surface area contributed by atoms with Gasteiger partial charge < -0.3 is 10.6 Å². The molecule has 180 valence electrons. The molecule has 5 rings (SSSR count). The fraction of sp³-hybridized carbons (Fsp3) is 0.867. The minimum atomic E-state index is 0.258. The highest BCUT2D eigenvalue weighted by molar-refractivity contribution is 5.30. The Morgan fingerprint density at radius 3 is 2.56 bits per heavy atom. The van der Waals surface area contributed by atoms with Crippen molar-refractivity contribution in [3.63, 3.8) is 0 Å². The summed E-state index contributed by atoms with van der Waals surface area (Å²) < 4.78 is 0. The summed E-state index contributed by atoms with van der Waals surface area (Å²) >= 11 is 0. The molecule has 0 amide bonds. The largest absolute Gasteiger partial charge is 0.324 e. The zero-order chi connectivity index (χ0) is 22.8. The molecule has 0 unspecified atom stereocenters. The van der Waals surface area contributed by atoms with E-state index in [1.54, 1.807) is 0 Å². The minimum absolute atomic E-state index is 0.258. The molecule has 1 saturated heterocycles. The van der Waals surface area contributed by atoms with Crippen molar-refractivity contribution in [1.82, 2.24) is 4.90 Å². The molecule has 32 heavy (non-hydrogen) atoms. The van der Waals surface area contributed by atoms with Crippen molar-refractivity contribution in [1.29, 1.82) is 0 Å². The number of hydrogen-bond donors (Lipinski definition) is 1. The smallest absolute Gasteiger partial charge is 0.0261 e. The summed E-state index contributed by atoms with van der Waals surface area (Å²) in [5, 5.41) is 0. The van der Waals surface area contributed by atoms with E-state index in [-0.39, 0.29) is 6.04 Å². The number of nitrogens with two attached hydrogens (primary N) is 1. The molecular formula is C30H50N2. The predicted octanol–water partition coefficient (Wildman–Crippen LogP) is 6.67. The Labute approximate surface area is 198 Å². The molecule has 0 radical (unpaired) electrons. The van der Waals surface area contributed by atoms with Gasteiger partial charge in [0.2, 0.25) is 0 Å². The van der Waals surface area contributed by atoms with Crippen LogP contribution in [0.15, 0.2) is 23.8 Å². The zero-order valence-electron chi connectivity index (χ0n) is 21.8. The van der Waals surface area contributed by atoms with Crippen molar-refractivity contribution >= 4 is 0 Å². The van der Waals surface area contributed by atoms with E-state index in [0.29, 0.717) is 16.7 Å². The van der Waals surface area contributed by atoms with Crippen LogP contribution < -0.4 is 5.73 Å². The molecule has 3 fully saturated rings.